The predicted molar refractivity (Wildman–Crippen MR) is 98.1 cm³/mol. The van der Waals surface area contributed by atoms with Crippen LogP contribution >= 0.6 is 0 Å². The summed E-state index contributed by atoms with van der Waals surface area (Å²) in [6, 6.07) is 18.6. The zero-order chi connectivity index (χ0) is 18.0. The molecule has 0 aliphatic heterocycles. The van der Waals surface area contributed by atoms with Gasteiger partial charge in [-0.15, -0.1) is 0 Å². The van der Waals surface area contributed by atoms with Crippen LogP contribution in [0.4, 0.5) is 0 Å². The van der Waals surface area contributed by atoms with E-state index in [1.165, 1.54) is 6.08 Å². The number of benzene rings is 1. The first-order valence-electron chi connectivity index (χ1n) is 8.17. The van der Waals surface area contributed by atoms with Crippen LogP contribution in [0.25, 0.3) is 6.08 Å². The van der Waals surface area contributed by atoms with Crippen LogP contribution in [0.2, 0.25) is 0 Å². The Bertz CT molecular complexity index is 847. The maximum Gasteiger partial charge on any atom is 0.331 e. The van der Waals surface area contributed by atoms with E-state index >= 15 is 0 Å². The van der Waals surface area contributed by atoms with E-state index in [4.69, 9.17) is 9.47 Å². The molecule has 0 saturated heterocycles. The predicted octanol–water partition coefficient (Wildman–Crippen LogP) is 3.81. The summed E-state index contributed by atoms with van der Waals surface area (Å²) in [5.41, 5.74) is 2.46. The van der Waals surface area contributed by atoms with Crippen molar-refractivity contribution in [2.75, 3.05) is 0 Å². The van der Waals surface area contributed by atoms with Gasteiger partial charge in [0.25, 0.3) is 0 Å². The fraction of sp³-hybridized carbons (Fsp3) is 0.0952. The van der Waals surface area contributed by atoms with Gasteiger partial charge >= 0.3 is 5.97 Å². The lowest BCUT2D eigenvalue weighted by atomic mass is 10.2. The summed E-state index contributed by atoms with van der Waals surface area (Å²) < 4.78 is 10.8. The molecule has 1 aromatic carbocycles. The van der Waals surface area contributed by atoms with Crippen molar-refractivity contribution in [2.24, 2.45) is 0 Å². The summed E-state index contributed by atoms with van der Waals surface area (Å²) in [5, 5.41) is 0. The smallest absolute Gasteiger partial charge is 0.331 e. The minimum atomic E-state index is -0.411. The highest BCUT2D eigenvalue weighted by atomic mass is 16.5. The van der Waals surface area contributed by atoms with E-state index in [0.717, 1.165) is 17.0 Å². The Kier molecular flexibility index (Phi) is 6.09. The van der Waals surface area contributed by atoms with Crippen molar-refractivity contribution in [1.29, 1.82) is 0 Å². The van der Waals surface area contributed by atoms with E-state index in [0.29, 0.717) is 12.3 Å². The van der Waals surface area contributed by atoms with Crippen LogP contribution in [0.3, 0.4) is 0 Å². The quantitative estimate of drug-likeness (QED) is 0.481. The van der Waals surface area contributed by atoms with Gasteiger partial charge in [-0.1, -0.05) is 24.3 Å². The molecule has 26 heavy (non-hydrogen) atoms. The number of ether oxygens (including phenoxy) is 2. The van der Waals surface area contributed by atoms with Crippen molar-refractivity contribution in [3.8, 4) is 5.75 Å². The Hall–Kier alpha value is -3.47. The first-order chi connectivity index (χ1) is 12.8. The Morgan fingerprint density at radius 3 is 2.12 bits per heavy atom. The number of esters is 1. The largest absolute Gasteiger partial charge is 0.487 e. The molecule has 5 nitrogen and oxygen atoms in total. The molecule has 2 aromatic heterocycles. The molecule has 0 saturated carbocycles. The molecule has 0 bridgehead atoms. The van der Waals surface area contributed by atoms with Gasteiger partial charge < -0.3 is 9.47 Å². The third kappa shape index (κ3) is 5.56. The third-order valence-corrected chi connectivity index (χ3v) is 3.49. The molecule has 0 spiro atoms. The van der Waals surface area contributed by atoms with E-state index in [2.05, 4.69) is 9.97 Å². The number of hydrogen-bond acceptors (Lipinski definition) is 5. The number of aromatic nitrogens is 2. The average molecular weight is 346 g/mol. The molecule has 0 radical (unpaired) electrons. The zero-order valence-corrected chi connectivity index (χ0v) is 14.1. The van der Waals surface area contributed by atoms with Crippen molar-refractivity contribution in [1.82, 2.24) is 9.97 Å². The van der Waals surface area contributed by atoms with E-state index in [9.17, 15) is 4.79 Å². The molecule has 0 atom stereocenters. The van der Waals surface area contributed by atoms with Gasteiger partial charge in [0.2, 0.25) is 0 Å². The SMILES string of the molecule is O=C(/C=C/c1ccc(OCc2ccccn2)cc1)OCc1ccccn1. The van der Waals surface area contributed by atoms with Crippen LogP contribution in [-0.2, 0) is 22.7 Å². The van der Waals surface area contributed by atoms with Gasteiger partial charge in [0.15, 0.2) is 0 Å². The maximum absolute atomic E-state index is 11.7. The normalized spacial score (nSPS) is 10.6. The van der Waals surface area contributed by atoms with Crippen LogP contribution < -0.4 is 4.74 Å². The van der Waals surface area contributed by atoms with Crippen LogP contribution in [0.5, 0.6) is 5.75 Å². The molecule has 3 aromatic rings. The number of carbonyl (C=O) groups is 1. The van der Waals surface area contributed by atoms with Gasteiger partial charge in [0.05, 0.1) is 11.4 Å². The molecule has 3 rings (SSSR count). The van der Waals surface area contributed by atoms with Crippen molar-refractivity contribution in [3.05, 3.63) is 96.1 Å². The molecular formula is C21H18N2O3. The molecule has 0 amide bonds. The second-order valence-electron chi connectivity index (χ2n) is 5.44. The second kappa shape index (κ2) is 9.13. The van der Waals surface area contributed by atoms with Crippen LogP contribution in [0.1, 0.15) is 17.0 Å². The summed E-state index contributed by atoms with van der Waals surface area (Å²) in [6.45, 7) is 0.570. The van der Waals surface area contributed by atoms with Gasteiger partial charge in [-0.25, -0.2) is 4.79 Å². The lowest BCUT2D eigenvalue weighted by Crippen LogP contribution is -2.01. The van der Waals surface area contributed by atoms with Crippen molar-refractivity contribution >= 4 is 12.0 Å². The van der Waals surface area contributed by atoms with Crippen molar-refractivity contribution in [2.45, 2.75) is 13.2 Å². The highest BCUT2D eigenvalue weighted by Crippen LogP contribution is 2.14. The Labute approximate surface area is 152 Å². The lowest BCUT2D eigenvalue weighted by Gasteiger charge is -2.05. The summed E-state index contributed by atoms with van der Waals surface area (Å²) >= 11 is 0. The lowest BCUT2D eigenvalue weighted by molar-refractivity contribution is -0.139. The van der Waals surface area contributed by atoms with E-state index in [-0.39, 0.29) is 6.61 Å². The molecule has 2 heterocycles. The molecule has 0 N–H and O–H groups in total. The van der Waals surface area contributed by atoms with Gasteiger partial charge in [-0.3, -0.25) is 9.97 Å². The molecule has 0 aliphatic rings. The van der Waals surface area contributed by atoms with Gasteiger partial charge in [0.1, 0.15) is 19.0 Å². The number of carbonyl (C=O) groups excluding carboxylic acids is 1. The minimum absolute atomic E-state index is 0.157. The van der Waals surface area contributed by atoms with Crippen molar-refractivity contribution in [3.63, 3.8) is 0 Å². The third-order valence-electron chi connectivity index (χ3n) is 3.49. The second-order valence-corrected chi connectivity index (χ2v) is 5.44. The first-order valence-corrected chi connectivity index (χ1v) is 8.17. The molecular weight excluding hydrogens is 328 g/mol. The maximum atomic E-state index is 11.7. The number of rotatable bonds is 7. The van der Waals surface area contributed by atoms with Crippen LogP contribution in [-0.4, -0.2) is 15.9 Å². The minimum Gasteiger partial charge on any atom is -0.487 e. The standard InChI is InChI=1S/C21H18N2O3/c24-21(26-16-19-6-2-4-14-23-19)12-9-17-7-10-20(11-8-17)25-15-18-5-1-3-13-22-18/h1-14H,15-16H2/b12-9+. The van der Waals surface area contributed by atoms with E-state index < -0.39 is 5.97 Å². The van der Waals surface area contributed by atoms with E-state index in [1.807, 2.05) is 54.6 Å². The van der Waals surface area contributed by atoms with Gasteiger partial charge in [0, 0.05) is 18.5 Å². The van der Waals surface area contributed by atoms with Crippen LogP contribution in [0.15, 0.2) is 79.1 Å². The van der Waals surface area contributed by atoms with Crippen molar-refractivity contribution < 1.29 is 14.3 Å². The zero-order valence-electron chi connectivity index (χ0n) is 14.1. The summed E-state index contributed by atoms with van der Waals surface area (Å²) in [7, 11) is 0. The first kappa shape index (κ1) is 17.4. The fourth-order valence-electron chi connectivity index (χ4n) is 2.16. The molecule has 0 unspecified atom stereocenters. The highest BCUT2D eigenvalue weighted by Gasteiger charge is 2.00. The van der Waals surface area contributed by atoms with Gasteiger partial charge in [-0.05, 0) is 48.0 Å². The number of nitrogens with zero attached hydrogens (tertiary/aromatic N) is 2. The summed E-state index contributed by atoms with van der Waals surface area (Å²) in [6.07, 6.45) is 6.49. The van der Waals surface area contributed by atoms with Crippen LogP contribution in [0, 0.1) is 0 Å². The topological polar surface area (TPSA) is 61.3 Å². The number of pyridine rings is 2. The summed E-state index contributed by atoms with van der Waals surface area (Å²) in [5.74, 6) is 0.330. The Morgan fingerprint density at radius 2 is 1.50 bits per heavy atom. The monoisotopic (exact) mass is 346 g/mol. The molecule has 5 heteroatoms. The molecule has 0 fully saturated rings. The Morgan fingerprint density at radius 1 is 0.846 bits per heavy atom. The van der Waals surface area contributed by atoms with E-state index in [1.54, 1.807) is 24.5 Å². The number of hydrogen-bond donors (Lipinski definition) is 0. The highest BCUT2D eigenvalue weighted by molar-refractivity contribution is 5.87. The molecule has 130 valence electrons. The summed E-state index contributed by atoms with van der Waals surface area (Å²) in [4.78, 5) is 20.1. The molecule has 0 aliphatic carbocycles. The van der Waals surface area contributed by atoms with Gasteiger partial charge in [-0.2, -0.15) is 0 Å². The fourth-order valence-corrected chi connectivity index (χ4v) is 2.16. The average Bonchev–Trinajstić information content (AvgIpc) is 2.71. The Balaban J connectivity index is 1.47.